The summed E-state index contributed by atoms with van der Waals surface area (Å²) >= 11 is 0. The fourth-order valence-electron chi connectivity index (χ4n) is 3.94. The van der Waals surface area contributed by atoms with Gasteiger partial charge >= 0.3 is 0 Å². The van der Waals surface area contributed by atoms with Gasteiger partial charge in [-0.05, 0) is 48.4 Å². The minimum atomic E-state index is -3.86. The van der Waals surface area contributed by atoms with Crippen molar-refractivity contribution in [1.82, 2.24) is 9.62 Å². The van der Waals surface area contributed by atoms with Crippen LogP contribution in [0.2, 0.25) is 0 Å². The average Bonchev–Trinajstić information content (AvgIpc) is 2.85. The van der Waals surface area contributed by atoms with Crippen LogP contribution in [-0.4, -0.2) is 51.4 Å². The van der Waals surface area contributed by atoms with Crippen LogP contribution < -0.4 is 9.62 Å². The third kappa shape index (κ3) is 5.77. The number of rotatable bonds is 7. The van der Waals surface area contributed by atoms with Crippen molar-refractivity contribution in [3.8, 4) is 0 Å². The molecule has 1 unspecified atom stereocenters. The van der Waals surface area contributed by atoms with Crippen LogP contribution in [0.15, 0.2) is 89.8 Å². The Morgan fingerprint density at radius 1 is 0.848 bits per heavy atom. The molecule has 33 heavy (non-hydrogen) atoms. The van der Waals surface area contributed by atoms with E-state index in [1.807, 2.05) is 30.3 Å². The number of sulfonamides is 1. The summed E-state index contributed by atoms with van der Waals surface area (Å²) < 4.78 is 41.8. The molecule has 1 heterocycles. The van der Waals surface area contributed by atoms with E-state index < -0.39 is 16.1 Å². The van der Waals surface area contributed by atoms with Gasteiger partial charge in [-0.15, -0.1) is 0 Å². The van der Waals surface area contributed by atoms with Gasteiger partial charge < -0.3 is 9.80 Å². The van der Waals surface area contributed by atoms with Crippen molar-refractivity contribution in [2.24, 2.45) is 0 Å². The van der Waals surface area contributed by atoms with Crippen LogP contribution in [0.25, 0.3) is 0 Å². The molecule has 1 N–H and O–H groups in total. The number of carbonyl (C=O) groups excluding carboxylic acids is 1. The maximum absolute atomic E-state index is 13.4. The third-order valence-corrected chi connectivity index (χ3v) is 7.20. The Balaban J connectivity index is 1.49. The van der Waals surface area contributed by atoms with Gasteiger partial charge in [0.25, 0.3) is 0 Å². The number of anilines is 1. The second-order valence-electron chi connectivity index (χ2n) is 7.97. The van der Waals surface area contributed by atoms with Gasteiger partial charge in [-0.1, -0.05) is 48.5 Å². The Kier molecular flexibility index (Phi) is 7.05. The summed E-state index contributed by atoms with van der Waals surface area (Å²) in [5, 5.41) is 0. The number of carbonyl (C=O) groups is 1. The van der Waals surface area contributed by atoms with Gasteiger partial charge in [0.2, 0.25) is 15.9 Å². The number of halogens is 1. The van der Waals surface area contributed by atoms with Crippen molar-refractivity contribution < 1.29 is 17.6 Å². The van der Waals surface area contributed by atoms with Gasteiger partial charge in [-0.25, -0.2) is 12.8 Å². The van der Waals surface area contributed by atoms with Crippen LogP contribution in [0, 0.1) is 5.82 Å². The standard InChI is InChI=1S/C25H26FN3O3S/c26-21-11-13-22(14-12-21)28-15-17-29(18-16-28)25(30)24(19-20-7-3-1-4-8-20)27-33(31,32)23-9-5-2-6-10-23/h1-14,24,27H,15-19H2. The average molecular weight is 468 g/mol. The van der Waals surface area contributed by atoms with E-state index in [9.17, 15) is 17.6 Å². The van der Waals surface area contributed by atoms with E-state index in [-0.39, 0.29) is 23.0 Å². The summed E-state index contributed by atoms with van der Waals surface area (Å²) in [6.07, 6.45) is 0.254. The minimum absolute atomic E-state index is 0.122. The van der Waals surface area contributed by atoms with Crippen LogP contribution in [0.3, 0.4) is 0 Å². The third-order valence-electron chi connectivity index (χ3n) is 5.71. The van der Waals surface area contributed by atoms with E-state index in [0.29, 0.717) is 26.2 Å². The fraction of sp³-hybridized carbons (Fsp3) is 0.240. The minimum Gasteiger partial charge on any atom is -0.368 e. The Labute approximate surface area is 193 Å². The predicted molar refractivity (Wildman–Crippen MR) is 126 cm³/mol. The lowest BCUT2D eigenvalue weighted by Crippen LogP contribution is -2.55. The maximum Gasteiger partial charge on any atom is 0.241 e. The highest BCUT2D eigenvalue weighted by Gasteiger charge is 2.31. The van der Waals surface area contributed by atoms with Crippen molar-refractivity contribution >= 4 is 21.6 Å². The van der Waals surface area contributed by atoms with Crippen LogP contribution in [0.4, 0.5) is 10.1 Å². The Hall–Kier alpha value is -3.23. The molecule has 0 radical (unpaired) electrons. The van der Waals surface area contributed by atoms with E-state index >= 15 is 0 Å². The predicted octanol–water partition coefficient (Wildman–Crippen LogP) is 3.06. The summed E-state index contributed by atoms with van der Waals surface area (Å²) in [5.41, 5.74) is 1.77. The molecule has 1 aliphatic heterocycles. The quantitative estimate of drug-likeness (QED) is 0.580. The molecule has 1 fully saturated rings. The Morgan fingerprint density at radius 3 is 2.03 bits per heavy atom. The second kappa shape index (κ2) is 10.1. The lowest BCUT2D eigenvalue weighted by atomic mass is 10.1. The van der Waals surface area contributed by atoms with Gasteiger partial charge in [-0.2, -0.15) is 4.72 Å². The van der Waals surface area contributed by atoms with E-state index in [4.69, 9.17) is 0 Å². The molecule has 3 aromatic carbocycles. The van der Waals surface area contributed by atoms with E-state index in [1.54, 1.807) is 35.2 Å². The zero-order chi connectivity index (χ0) is 23.3. The first-order valence-corrected chi connectivity index (χ1v) is 12.3. The van der Waals surface area contributed by atoms with Crippen LogP contribution >= 0.6 is 0 Å². The lowest BCUT2D eigenvalue weighted by molar-refractivity contribution is -0.133. The number of piperazine rings is 1. The summed E-state index contributed by atoms with van der Waals surface area (Å²) in [5.74, 6) is -0.542. The Bertz CT molecular complexity index is 1160. The van der Waals surface area contributed by atoms with Gasteiger partial charge in [0, 0.05) is 31.9 Å². The number of nitrogens with zero attached hydrogens (tertiary/aromatic N) is 2. The van der Waals surface area contributed by atoms with Crippen LogP contribution in [-0.2, 0) is 21.2 Å². The number of hydrogen-bond acceptors (Lipinski definition) is 4. The number of hydrogen-bond donors (Lipinski definition) is 1. The van der Waals surface area contributed by atoms with Gasteiger partial charge in [0.1, 0.15) is 11.9 Å². The number of amides is 1. The van der Waals surface area contributed by atoms with Crippen LogP contribution in [0.1, 0.15) is 5.56 Å². The van der Waals surface area contributed by atoms with Gasteiger partial charge in [0.05, 0.1) is 4.90 Å². The lowest BCUT2D eigenvalue weighted by Gasteiger charge is -2.37. The molecule has 1 saturated heterocycles. The summed E-state index contributed by atoms with van der Waals surface area (Å²) in [7, 11) is -3.86. The van der Waals surface area contributed by atoms with E-state index in [2.05, 4.69) is 9.62 Å². The fourth-order valence-corrected chi connectivity index (χ4v) is 5.15. The zero-order valence-corrected chi connectivity index (χ0v) is 18.9. The highest BCUT2D eigenvalue weighted by molar-refractivity contribution is 7.89. The normalized spacial score (nSPS) is 15.3. The number of nitrogens with one attached hydrogen (secondary N) is 1. The molecular weight excluding hydrogens is 441 g/mol. The molecule has 4 rings (SSSR count). The second-order valence-corrected chi connectivity index (χ2v) is 9.68. The highest BCUT2D eigenvalue weighted by Crippen LogP contribution is 2.18. The molecule has 1 atom stereocenters. The SMILES string of the molecule is O=C(C(Cc1ccccc1)NS(=O)(=O)c1ccccc1)N1CCN(c2ccc(F)cc2)CC1. The largest absolute Gasteiger partial charge is 0.368 e. The molecule has 3 aromatic rings. The zero-order valence-electron chi connectivity index (χ0n) is 18.1. The topological polar surface area (TPSA) is 69.7 Å². The molecule has 0 bridgehead atoms. The monoisotopic (exact) mass is 467 g/mol. The van der Waals surface area contributed by atoms with Crippen LogP contribution in [0.5, 0.6) is 0 Å². The van der Waals surface area contributed by atoms with Crippen molar-refractivity contribution in [1.29, 1.82) is 0 Å². The van der Waals surface area contributed by atoms with Crippen molar-refractivity contribution in [3.05, 3.63) is 96.3 Å². The van der Waals surface area contributed by atoms with Crippen molar-refractivity contribution in [2.75, 3.05) is 31.1 Å². The smallest absolute Gasteiger partial charge is 0.241 e. The van der Waals surface area contributed by atoms with E-state index in [1.165, 1.54) is 24.3 Å². The Morgan fingerprint density at radius 2 is 1.42 bits per heavy atom. The first-order valence-electron chi connectivity index (χ1n) is 10.8. The molecule has 0 spiro atoms. The first-order chi connectivity index (χ1) is 15.9. The highest BCUT2D eigenvalue weighted by atomic mass is 32.2. The summed E-state index contributed by atoms with van der Waals surface area (Å²) in [4.78, 5) is 17.3. The van der Waals surface area contributed by atoms with Crippen molar-refractivity contribution in [3.63, 3.8) is 0 Å². The maximum atomic E-state index is 13.4. The molecule has 0 saturated carbocycles. The molecule has 6 nitrogen and oxygen atoms in total. The van der Waals surface area contributed by atoms with Gasteiger partial charge in [0.15, 0.2) is 0 Å². The first kappa shape index (κ1) is 22.9. The molecular formula is C25H26FN3O3S. The summed E-state index contributed by atoms with van der Waals surface area (Å²) in [6, 6.07) is 22.8. The van der Waals surface area contributed by atoms with E-state index in [0.717, 1.165) is 11.3 Å². The molecule has 1 amide bonds. The van der Waals surface area contributed by atoms with Gasteiger partial charge in [-0.3, -0.25) is 4.79 Å². The molecule has 0 aliphatic carbocycles. The van der Waals surface area contributed by atoms with Crippen molar-refractivity contribution in [2.45, 2.75) is 17.4 Å². The molecule has 1 aliphatic rings. The number of benzene rings is 3. The summed E-state index contributed by atoms with van der Waals surface area (Å²) in [6.45, 7) is 2.07. The molecule has 8 heteroatoms. The molecule has 0 aromatic heterocycles. The molecule has 172 valence electrons.